The van der Waals surface area contributed by atoms with Crippen LogP contribution in [0.1, 0.15) is 33.6 Å². The number of halogens is 2. The van der Waals surface area contributed by atoms with Crippen LogP contribution in [0.25, 0.3) is 0 Å². The molecule has 5 nitrogen and oxygen atoms in total. The lowest BCUT2D eigenvalue weighted by atomic mass is 10.1. The van der Waals surface area contributed by atoms with E-state index in [9.17, 15) is 9.59 Å². The van der Waals surface area contributed by atoms with Gasteiger partial charge < -0.3 is 15.4 Å². The molecule has 136 valence electrons. The first kappa shape index (κ1) is 19.1. The van der Waals surface area contributed by atoms with Crippen LogP contribution in [0.3, 0.4) is 0 Å². The minimum absolute atomic E-state index is 0.0582. The molecule has 7 heteroatoms. The summed E-state index contributed by atoms with van der Waals surface area (Å²) >= 11 is 8.21. The molecule has 2 N–H and O–H groups in total. The predicted octanol–water partition coefficient (Wildman–Crippen LogP) is 4.11. The summed E-state index contributed by atoms with van der Waals surface area (Å²) < 4.78 is 6.43. The smallest absolute Gasteiger partial charge is 0.257 e. The second-order valence-corrected chi connectivity index (χ2v) is 7.62. The molecule has 0 bridgehead atoms. The van der Waals surface area contributed by atoms with Crippen molar-refractivity contribution in [3.05, 3.63) is 62.2 Å². The van der Waals surface area contributed by atoms with Crippen molar-refractivity contribution in [2.24, 2.45) is 0 Å². The number of anilines is 1. The van der Waals surface area contributed by atoms with E-state index < -0.39 is 0 Å². The van der Waals surface area contributed by atoms with Gasteiger partial charge in [0.1, 0.15) is 0 Å². The van der Waals surface area contributed by atoms with Gasteiger partial charge in [0.05, 0.1) is 27.9 Å². The van der Waals surface area contributed by atoms with Gasteiger partial charge in [-0.1, -0.05) is 23.7 Å². The van der Waals surface area contributed by atoms with Gasteiger partial charge in [-0.05, 0) is 65.8 Å². The zero-order valence-corrected chi connectivity index (χ0v) is 16.8. The van der Waals surface area contributed by atoms with Crippen LogP contribution in [0.5, 0.6) is 0 Å². The molecule has 0 spiro atoms. The Balaban J connectivity index is 1.75. The van der Waals surface area contributed by atoms with Gasteiger partial charge in [-0.3, -0.25) is 9.59 Å². The van der Waals surface area contributed by atoms with Crippen molar-refractivity contribution in [2.45, 2.75) is 18.9 Å². The molecule has 2 aromatic carbocycles. The fraction of sp³-hybridized carbons (Fsp3) is 0.263. The summed E-state index contributed by atoms with van der Waals surface area (Å²) in [6.45, 7) is 1.20. The normalized spacial score (nSPS) is 16.3. The maximum atomic E-state index is 12.6. The molecule has 2 amide bonds. The van der Waals surface area contributed by atoms with Crippen molar-refractivity contribution < 1.29 is 14.3 Å². The Morgan fingerprint density at radius 2 is 1.96 bits per heavy atom. The van der Waals surface area contributed by atoms with E-state index in [2.05, 4.69) is 33.2 Å². The summed E-state index contributed by atoms with van der Waals surface area (Å²) in [5.74, 6) is -0.599. The highest BCUT2D eigenvalue weighted by Crippen LogP contribution is 2.22. The zero-order valence-electron chi connectivity index (χ0n) is 13.9. The maximum Gasteiger partial charge on any atom is 0.257 e. The molecular formula is C19H18ClIN2O3. The lowest BCUT2D eigenvalue weighted by molar-refractivity contribution is 0.0858. The van der Waals surface area contributed by atoms with Crippen LogP contribution in [-0.2, 0) is 4.74 Å². The van der Waals surface area contributed by atoms with E-state index in [1.54, 1.807) is 36.4 Å². The summed E-state index contributed by atoms with van der Waals surface area (Å²) in [6.07, 6.45) is 2.02. The summed E-state index contributed by atoms with van der Waals surface area (Å²) in [5.41, 5.74) is 1.22. The van der Waals surface area contributed by atoms with E-state index in [0.717, 1.165) is 23.0 Å². The molecule has 0 saturated carbocycles. The molecule has 3 rings (SSSR count). The van der Waals surface area contributed by atoms with Gasteiger partial charge in [-0.15, -0.1) is 0 Å². The van der Waals surface area contributed by atoms with Crippen LogP contribution in [0.15, 0.2) is 42.5 Å². The van der Waals surface area contributed by atoms with Gasteiger partial charge >= 0.3 is 0 Å². The fourth-order valence-electron chi connectivity index (χ4n) is 2.76. The quantitative estimate of drug-likeness (QED) is 0.628. The van der Waals surface area contributed by atoms with Gasteiger partial charge in [0.2, 0.25) is 0 Å². The molecule has 1 aliphatic rings. The van der Waals surface area contributed by atoms with Crippen molar-refractivity contribution in [1.29, 1.82) is 0 Å². The lowest BCUT2D eigenvalue weighted by Gasteiger charge is -2.14. The minimum Gasteiger partial charge on any atom is -0.376 e. The predicted molar refractivity (Wildman–Crippen MR) is 110 cm³/mol. The number of amides is 2. The number of nitrogens with one attached hydrogen (secondary N) is 2. The average molecular weight is 485 g/mol. The second kappa shape index (κ2) is 8.83. The standard InChI is InChI=1S/C19H18ClIN2O3/c20-16-6-2-1-5-14(16)19(25)23-17-8-7-12(21)10-15(17)18(24)22-11-13-4-3-9-26-13/h1-2,5-8,10,13H,3-4,9,11H2,(H,22,24)(H,23,25)/t13-/m1/s1. The van der Waals surface area contributed by atoms with Crippen molar-refractivity contribution >= 4 is 51.7 Å². The summed E-state index contributed by atoms with van der Waals surface area (Å²) in [5, 5.41) is 6.03. The minimum atomic E-state index is -0.356. The number of benzene rings is 2. The number of hydrogen-bond acceptors (Lipinski definition) is 3. The third kappa shape index (κ3) is 4.75. The summed E-state index contributed by atoms with van der Waals surface area (Å²) in [7, 11) is 0. The lowest BCUT2D eigenvalue weighted by Crippen LogP contribution is -2.32. The van der Waals surface area contributed by atoms with Gasteiger partial charge in [0, 0.05) is 16.7 Å². The topological polar surface area (TPSA) is 67.4 Å². The number of carbonyl (C=O) groups is 2. The highest BCUT2D eigenvalue weighted by Gasteiger charge is 2.19. The van der Waals surface area contributed by atoms with E-state index in [-0.39, 0.29) is 17.9 Å². The Hall–Kier alpha value is -1.64. The molecule has 1 atom stereocenters. The molecule has 0 aromatic heterocycles. The van der Waals surface area contributed by atoms with E-state index in [4.69, 9.17) is 16.3 Å². The first-order chi connectivity index (χ1) is 12.5. The molecule has 0 aliphatic carbocycles. The number of hydrogen-bond donors (Lipinski definition) is 2. The van der Waals surface area contributed by atoms with Crippen LogP contribution in [-0.4, -0.2) is 31.1 Å². The molecule has 1 aliphatic heterocycles. The van der Waals surface area contributed by atoms with E-state index in [0.29, 0.717) is 28.4 Å². The van der Waals surface area contributed by atoms with Crippen LogP contribution in [0.4, 0.5) is 5.69 Å². The van der Waals surface area contributed by atoms with E-state index in [1.807, 2.05) is 6.07 Å². The first-order valence-corrected chi connectivity index (χ1v) is 9.75. The average Bonchev–Trinajstić information content (AvgIpc) is 3.15. The van der Waals surface area contributed by atoms with Gasteiger partial charge in [-0.2, -0.15) is 0 Å². The van der Waals surface area contributed by atoms with Crippen LogP contribution >= 0.6 is 34.2 Å². The molecule has 1 saturated heterocycles. The summed E-state index contributed by atoms with van der Waals surface area (Å²) in [4.78, 5) is 25.1. The zero-order chi connectivity index (χ0) is 18.5. The number of carbonyl (C=O) groups excluding carboxylic acids is 2. The van der Waals surface area contributed by atoms with E-state index >= 15 is 0 Å². The Morgan fingerprint density at radius 3 is 2.69 bits per heavy atom. The van der Waals surface area contributed by atoms with Crippen LogP contribution in [0, 0.1) is 3.57 Å². The maximum absolute atomic E-state index is 12.6. The van der Waals surface area contributed by atoms with Crippen LogP contribution in [0.2, 0.25) is 5.02 Å². The Bertz CT molecular complexity index is 822. The van der Waals surface area contributed by atoms with Crippen molar-refractivity contribution in [1.82, 2.24) is 5.32 Å². The van der Waals surface area contributed by atoms with Crippen molar-refractivity contribution in [3.63, 3.8) is 0 Å². The second-order valence-electron chi connectivity index (χ2n) is 5.97. The highest BCUT2D eigenvalue weighted by atomic mass is 127. The summed E-state index contributed by atoms with van der Waals surface area (Å²) in [6, 6.07) is 12.1. The Morgan fingerprint density at radius 1 is 1.15 bits per heavy atom. The Labute approximate surface area is 170 Å². The van der Waals surface area contributed by atoms with E-state index in [1.165, 1.54) is 0 Å². The molecule has 26 heavy (non-hydrogen) atoms. The third-order valence-electron chi connectivity index (χ3n) is 4.11. The largest absolute Gasteiger partial charge is 0.376 e. The van der Waals surface area contributed by atoms with Gasteiger partial charge in [0.15, 0.2) is 0 Å². The molecule has 0 unspecified atom stereocenters. The van der Waals surface area contributed by atoms with Crippen molar-refractivity contribution in [2.75, 3.05) is 18.5 Å². The molecule has 2 aromatic rings. The van der Waals surface area contributed by atoms with Gasteiger partial charge in [-0.25, -0.2) is 0 Å². The first-order valence-electron chi connectivity index (χ1n) is 8.30. The monoisotopic (exact) mass is 484 g/mol. The Kier molecular flexibility index (Phi) is 6.50. The molecular weight excluding hydrogens is 467 g/mol. The SMILES string of the molecule is O=C(Nc1ccc(I)cc1C(=O)NC[C@H]1CCCO1)c1ccccc1Cl. The van der Waals surface area contributed by atoms with Crippen LogP contribution < -0.4 is 10.6 Å². The molecule has 0 radical (unpaired) electrons. The number of rotatable bonds is 5. The third-order valence-corrected chi connectivity index (χ3v) is 5.11. The molecule has 1 fully saturated rings. The molecule has 1 heterocycles. The van der Waals surface area contributed by atoms with Crippen molar-refractivity contribution in [3.8, 4) is 0 Å². The number of ether oxygens (including phenoxy) is 1. The highest BCUT2D eigenvalue weighted by molar-refractivity contribution is 14.1. The van der Waals surface area contributed by atoms with Gasteiger partial charge in [0.25, 0.3) is 11.8 Å². The fourth-order valence-corrected chi connectivity index (χ4v) is 3.47.